The van der Waals surface area contributed by atoms with Gasteiger partial charge in [0.05, 0.1) is 6.61 Å². The molecule has 0 aliphatic carbocycles. The van der Waals surface area contributed by atoms with E-state index in [4.69, 9.17) is 16.3 Å². The Morgan fingerprint density at radius 2 is 2.12 bits per heavy atom. The zero-order chi connectivity index (χ0) is 17.9. The van der Waals surface area contributed by atoms with Crippen molar-refractivity contribution in [2.75, 3.05) is 20.2 Å². The summed E-state index contributed by atoms with van der Waals surface area (Å²) < 4.78 is 5.67. The molecule has 2 aromatic rings. The number of pyridine rings is 2. The number of rotatable bonds is 8. The SMILES string of the molecule is CCCOc1ncccc1CNC(=NC)NCCc1ccc(Cl)nc1. The summed E-state index contributed by atoms with van der Waals surface area (Å²) in [6, 6.07) is 7.67. The van der Waals surface area contributed by atoms with Gasteiger partial charge >= 0.3 is 0 Å². The molecule has 2 N–H and O–H groups in total. The summed E-state index contributed by atoms with van der Waals surface area (Å²) in [6.45, 7) is 4.07. The molecule has 25 heavy (non-hydrogen) atoms. The predicted molar refractivity (Wildman–Crippen MR) is 101 cm³/mol. The van der Waals surface area contributed by atoms with Crippen LogP contribution in [0.15, 0.2) is 41.7 Å². The van der Waals surface area contributed by atoms with Crippen LogP contribution in [0.1, 0.15) is 24.5 Å². The van der Waals surface area contributed by atoms with Crippen molar-refractivity contribution in [3.63, 3.8) is 0 Å². The lowest BCUT2D eigenvalue weighted by Gasteiger charge is -2.14. The first kappa shape index (κ1) is 19.0. The lowest BCUT2D eigenvalue weighted by atomic mass is 10.2. The number of halogens is 1. The molecule has 0 spiro atoms. The highest BCUT2D eigenvalue weighted by Gasteiger charge is 2.05. The van der Waals surface area contributed by atoms with E-state index in [1.807, 2.05) is 18.2 Å². The van der Waals surface area contributed by atoms with Crippen LogP contribution < -0.4 is 15.4 Å². The topological polar surface area (TPSA) is 71.4 Å². The molecule has 0 aliphatic rings. The van der Waals surface area contributed by atoms with Crippen LogP contribution in [0.2, 0.25) is 5.15 Å². The largest absolute Gasteiger partial charge is 0.477 e. The maximum atomic E-state index is 5.79. The lowest BCUT2D eigenvalue weighted by Crippen LogP contribution is -2.38. The minimum Gasteiger partial charge on any atom is -0.477 e. The van der Waals surface area contributed by atoms with E-state index < -0.39 is 0 Å². The second kappa shape index (κ2) is 10.5. The van der Waals surface area contributed by atoms with Gasteiger partial charge < -0.3 is 15.4 Å². The van der Waals surface area contributed by atoms with E-state index in [0.29, 0.717) is 24.2 Å². The minimum atomic E-state index is 0.506. The van der Waals surface area contributed by atoms with Crippen LogP contribution in [0.4, 0.5) is 0 Å². The van der Waals surface area contributed by atoms with Crippen molar-refractivity contribution in [1.29, 1.82) is 0 Å². The standard InChI is InChI=1S/C18H24ClN5O/c1-3-11-25-17-15(5-4-9-21-17)13-24-18(20-2)22-10-8-14-6-7-16(19)23-12-14/h4-7,9,12H,3,8,10-11,13H2,1-2H3,(H2,20,22,24). The lowest BCUT2D eigenvalue weighted by molar-refractivity contribution is 0.301. The summed E-state index contributed by atoms with van der Waals surface area (Å²) in [5, 5.41) is 7.07. The quantitative estimate of drug-likeness (QED) is 0.430. The molecule has 0 fully saturated rings. The fraction of sp³-hybridized carbons (Fsp3) is 0.389. The van der Waals surface area contributed by atoms with E-state index in [1.165, 1.54) is 0 Å². The molecule has 0 atom stereocenters. The Labute approximate surface area is 153 Å². The summed E-state index contributed by atoms with van der Waals surface area (Å²) in [6.07, 6.45) is 5.31. The third-order valence-electron chi connectivity index (χ3n) is 3.46. The zero-order valence-electron chi connectivity index (χ0n) is 14.6. The van der Waals surface area contributed by atoms with Crippen LogP contribution in [0, 0.1) is 0 Å². The van der Waals surface area contributed by atoms with Crippen molar-refractivity contribution in [2.24, 2.45) is 4.99 Å². The highest BCUT2D eigenvalue weighted by Crippen LogP contribution is 2.14. The molecule has 2 rings (SSSR count). The molecule has 6 nitrogen and oxygen atoms in total. The van der Waals surface area contributed by atoms with Gasteiger partial charge in [-0.3, -0.25) is 4.99 Å². The van der Waals surface area contributed by atoms with Gasteiger partial charge in [0.15, 0.2) is 5.96 Å². The molecule has 0 saturated carbocycles. The van der Waals surface area contributed by atoms with Crippen LogP contribution in [0.25, 0.3) is 0 Å². The number of nitrogens with one attached hydrogen (secondary N) is 2. The van der Waals surface area contributed by atoms with Gasteiger partial charge in [0.1, 0.15) is 5.15 Å². The third kappa shape index (κ3) is 6.58. The minimum absolute atomic E-state index is 0.506. The summed E-state index contributed by atoms with van der Waals surface area (Å²) in [5.41, 5.74) is 2.12. The Morgan fingerprint density at radius 3 is 2.84 bits per heavy atom. The number of nitrogens with zero attached hydrogens (tertiary/aromatic N) is 3. The highest BCUT2D eigenvalue weighted by molar-refractivity contribution is 6.29. The van der Waals surface area contributed by atoms with Crippen molar-refractivity contribution in [2.45, 2.75) is 26.3 Å². The van der Waals surface area contributed by atoms with Crippen molar-refractivity contribution < 1.29 is 4.74 Å². The molecule has 0 unspecified atom stereocenters. The van der Waals surface area contributed by atoms with E-state index in [9.17, 15) is 0 Å². The summed E-state index contributed by atoms with van der Waals surface area (Å²) in [4.78, 5) is 12.6. The van der Waals surface area contributed by atoms with Gasteiger partial charge in [0.2, 0.25) is 5.88 Å². The molecule has 7 heteroatoms. The molecule has 0 amide bonds. The van der Waals surface area contributed by atoms with E-state index in [1.54, 1.807) is 25.5 Å². The highest BCUT2D eigenvalue weighted by atomic mass is 35.5. The van der Waals surface area contributed by atoms with Gasteiger partial charge in [0, 0.05) is 38.1 Å². The fourth-order valence-corrected chi connectivity index (χ4v) is 2.28. The predicted octanol–water partition coefficient (Wildman–Crippen LogP) is 2.83. The Balaban J connectivity index is 1.81. The Hall–Kier alpha value is -2.34. The number of ether oxygens (including phenoxy) is 1. The Kier molecular flexibility index (Phi) is 7.98. The molecule has 134 valence electrons. The maximum absolute atomic E-state index is 5.79. The number of aromatic nitrogens is 2. The van der Waals surface area contributed by atoms with E-state index in [0.717, 1.165) is 36.5 Å². The van der Waals surface area contributed by atoms with E-state index >= 15 is 0 Å². The molecule has 0 radical (unpaired) electrons. The normalized spacial score (nSPS) is 11.2. The number of aliphatic imine (C=N–C) groups is 1. The van der Waals surface area contributed by atoms with Gasteiger partial charge in [-0.1, -0.05) is 30.7 Å². The average molecular weight is 362 g/mol. The van der Waals surface area contributed by atoms with Crippen molar-refractivity contribution in [1.82, 2.24) is 20.6 Å². The molecule has 2 aromatic heterocycles. The zero-order valence-corrected chi connectivity index (χ0v) is 15.4. The molecule has 0 saturated heterocycles. The number of guanidine groups is 1. The van der Waals surface area contributed by atoms with Crippen LogP contribution in [-0.4, -0.2) is 36.1 Å². The van der Waals surface area contributed by atoms with Crippen LogP contribution >= 0.6 is 11.6 Å². The van der Waals surface area contributed by atoms with Crippen LogP contribution in [0.3, 0.4) is 0 Å². The molecule has 2 heterocycles. The maximum Gasteiger partial charge on any atom is 0.218 e. The molecular formula is C18H24ClN5O. The first-order valence-electron chi connectivity index (χ1n) is 8.34. The average Bonchev–Trinajstić information content (AvgIpc) is 2.65. The van der Waals surface area contributed by atoms with Crippen LogP contribution in [0.5, 0.6) is 5.88 Å². The molecular weight excluding hydrogens is 338 g/mol. The van der Waals surface area contributed by atoms with Gasteiger partial charge in [-0.15, -0.1) is 0 Å². The van der Waals surface area contributed by atoms with Gasteiger partial charge in [-0.2, -0.15) is 0 Å². The summed E-state index contributed by atoms with van der Waals surface area (Å²) >= 11 is 5.79. The molecule has 0 aromatic carbocycles. The van der Waals surface area contributed by atoms with Crippen molar-refractivity contribution in [3.05, 3.63) is 52.9 Å². The van der Waals surface area contributed by atoms with Crippen molar-refractivity contribution >= 4 is 17.6 Å². The van der Waals surface area contributed by atoms with E-state index in [-0.39, 0.29) is 0 Å². The summed E-state index contributed by atoms with van der Waals surface area (Å²) in [5.74, 6) is 1.40. The molecule has 0 aliphatic heterocycles. The van der Waals surface area contributed by atoms with E-state index in [2.05, 4.69) is 32.5 Å². The van der Waals surface area contributed by atoms with Gasteiger partial charge in [0.25, 0.3) is 0 Å². The Morgan fingerprint density at radius 1 is 1.24 bits per heavy atom. The van der Waals surface area contributed by atoms with Gasteiger partial charge in [-0.05, 0) is 30.5 Å². The first-order valence-corrected chi connectivity index (χ1v) is 8.72. The van der Waals surface area contributed by atoms with Gasteiger partial charge in [-0.25, -0.2) is 9.97 Å². The second-order valence-corrected chi connectivity index (χ2v) is 5.80. The Bertz CT molecular complexity index is 675. The fourth-order valence-electron chi connectivity index (χ4n) is 2.17. The first-order chi connectivity index (χ1) is 12.2. The number of hydrogen-bond acceptors (Lipinski definition) is 4. The van der Waals surface area contributed by atoms with Crippen molar-refractivity contribution in [3.8, 4) is 5.88 Å². The smallest absolute Gasteiger partial charge is 0.218 e. The molecule has 0 bridgehead atoms. The number of hydrogen-bond donors (Lipinski definition) is 2. The second-order valence-electron chi connectivity index (χ2n) is 5.41. The monoisotopic (exact) mass is 361 g/mol. The third-order valence-corrected chi connectivity index (χ3v) is 3.68. The summed E-state index contributed by atoms with van der Waals surface area (Å²) in [7, 11) is 1.75. The van der Waals surface area contributed by atoms with Crippen LogP contribution in [-0.2, 0) is 13.0 Å².